The molecule has 0 atom stereocenters. The summed E-state index contributed by atoms with van der Waals surface area (Å²) in [5.41, 5.74) is 2.53. The van der Waals surface area contributed by atoms with E-state index in [4.69, 9.17) is 5.11 Å². The smallest absolute Gasteiger partial charge is 0.115 e. The topological polar surface area (TPSA) is 20.2 Å². The molecule has 0 aromatic heterocycles. The highest BCUT2D eigenvalue weighted by atomic mass is 16.3. The molecule has 0 saturated heterocycles. The van der Waals surface area contributed by atoms with Gasteiger partial charge in [0.15, 0.2) is 0 Å². The number of hydrogen-bond donors (Lipinski definition) is 1. The summed E-state index contributed by atoms with van der Waals surface area (Å²) in [4.78, 5) is 0. The van der Waals surface area contributed by atoms with Crippen molar-refractivity contribution >= 4 is 0 Å². The molecule has 1 rings (SSSR count). The summed E-state index contributed by atoms with van der Waals surface area (Å²) in [6.45, 7) is 4.22. The van der Waals surface area contributed by atoms with Crippen molar-refractivity contribution < 1.29 is 5.11 Å². The lowest BCUT2D eigenvalue weighted by molar-refractivity contribution is 0.474. The summed E-state index contributed by atoms with van der Waals surface area (Å²) in [5.74, 6) is 0.374. The minimum atomic E-state index is 0.374. The number of hydrogen-bond acceptors (Lipinski definition) is 1. The molecule has 0 bridgehead atoms. The van der Waals surface area contributed by atoms with Crippen LogP contribution in [0.2, 0.25) is 0 Å². The second-order valence-electron chi connectivity index (χ2n) is 2.86. The highest BCUT2D eigenvalue weighted by molar-refractivity contribution is 5.33. The normalized spacial score (nSPS) is 10.0. The minimum Gasteiger partial charge on any atom is -0.508 e. The second kappa shape index (κ2) is 3.42. The maximum atomic E-state index is 9.16. The van der Waals surface area contributed by atoms with Gasteiger partial charge in [-0.05, 0) is 36.6 Å². The van der Waals surface area contributed by atoms with Crippen molar-refractivity contribution in [2.45, 2.75) is 26.7 Å². The van der Waals surface area contributed by atoms with Gasteiger partial charge in [-0.15, -0.1) is 0 Å². The van der Waals surface area contributed by atoms with Gasteiger partial charge < -0.3 is 5.11 Å². The highest BCUT2D eigenvalue weighted by Gasteiger charge is 1.97. The molecular formula is C10H14O. The Morgan fingerprint density at radius 3 is 2.73 bits per heavy atom. The lowest BCUT2D eigenvalue weighted by Crippen LogP contribution is -1.86. The van der Waals surface area contributed by atoms with Crippen LogP contribution in [0.3, 0.4) is 0 Å². The number of aromatic hydroxyl groups is 1. The van der Waals surface area contributed by atoms with Gasteiger partial charge in [-0.3, -0.25) is 0 Å². The van der Waals surface area contributed by atoms with Crippen molar-refractivity contribution in [1.82, 2.24) is 0 Å². The first-order valence-corrected chi connectivity index (χ1v) is 4.02. The van der Waals surface area contributed by atoms with Gasteiger partial charge in [0, 0.05) is 0 Å². The number of aryl methyl sites for hydroxylation is 2. The van der Waals surface area contributed by atoms with Crippen LogP contribution >= 0.6 is 0 Å². The molecule has 60 valence electrons. The molecule has 0 heterocycles. The van der Waals surface area contributed by atoms with Crippen molar-refractivity contribution in [2.75, 3.05) is 0 Å². The van der Waals surface area contributed by atoms with Crippen molar-refractivity contribution in [3.05, 3.63) is 29.3 Å². The molecule has 0 amide bonds. The second-order valence-corrected chi connectivity index (χ2v) is 2.86. The third-order valence-electron chi connectivity index (χ3n) is 1.85. The van der Waals surface area contributed by atoms with Gasteiger partial charge in [0.05, 0.1) is 0 Å². The van der Waals surface area contributed by atoms with Crippen LogP contribution in [0.15, 0.2) is 18.2 Å². The molecule has 0 radical (unpaired) electrons. The zero-order valence-corrected chi connectivity index (χ0v) is 7.09. The number of benzene rings is 1. The zero-order valence-electron chi connectivity index (χ0n) is 7.09. The van der Waals surface area contributed by atoms with Crippen LogP contribution in [0, 0.1) is 6.92 Å². The maximum Gasteiger partial charge on any atom is 0.115 e. The molecule has 0 aliphatic carbocycles. The standard InChI is InChI=1S/C10H14O/c1-3-4-9-7-10(11)6-5-8(9)2/h5-7,11H,3-4H2,1-2H3. The van der Waals surface area contributed by atoms with Crippen LogP contribution in [0.4, 0.5) is 0 Å². The first-order chi connectivity index (χ1) is 5.24. The molecule has 0 unspecified atom stereocenters. The van der Waals surface area contributed by atoms with Crippen LogP contribution < -0.4 is 0 Å². The summed E-state index contributed by atoms with van der Waals surface area (Å²) in [6, 6.07) is 5.54. The third kappa shape index (κ3) is 1.97. The van der Waals surface area contributed by atoms with Gasteiger partial charge in [-0.1, -0.05) is 19.4 Å². The molecular weight excluding hydrogens is 136 g/mol. The first kappa shape index (κ1) is 8.12. The molecule has 1 nitrogen and oxygen atoms in total. The Hall–Kier alpha value is -0.980. The number of phenols is 1. The molecule has 0 aliphatic rings. The third-order valence-corrected chi connectivity index (χ3v) is 1.85. The van der Waals surface area contributed by atoms with Gasteiger partial charge in [-0.2, -0.15) is 0 Å². The Labute approximate surface area is 67.7 Å². The summed E-state index contributed by atoms with van der Waals surface area (Å²) < 4.78 is 0. The molecule has 1 aromatic rings. The fourth-order valence-corrected chi connectivity index (χ4v) is 1.20. The monoisotopic (exact) mass is 150 g/mol. The van der Waals surface area contributed by atoms with Crippen molar-refractivity contribution in [3.63, 3.8) is 0 Å². The van der Waals surface area contributed by atoms with Gasteiger partial charge in [0.2, 0.25) is 0 Å². The quantitative estimate of drug-likeness (QED) is 0.687. The fourth-order valence-electron chi connectivity index (χ4n) is 1.20. The van der Waals surface area contributed by atoms with Crippen LogP contribution in [0.25, 0.3) is 0 Å². The zero-order chi connectivity index (χ0) is 8.27. The van der Waals surface area contributed by atoms with Crippen molar-refractivity contribution in [3.8, 4) is 5.75 Å². The number of phenolic OH excluding ortho intramolecular Hbond substituents is 1. The van der Waals surface area contributed by atoms with Crippen molar-refractivity contribution in [1.29, 1.82) is 0 Å². The van der Waals surface area contributed by atoms with Crippen LogP contribution in [0.1, 0.15) is 24.5 Å². The largest absolute Gasteiger partial charge is 0.508 e. The molecule has 0 aliphatic heterocycles. The molecule has 1 aromatic carbocycles. The Balaban J connectivity index is 2.93. The molecule has 0 fully saturated rings. The van der Waals surface area contributed by atoms with E-state index in [1.807, 2.05) is 12.1 Å². The van der Waals surface area contributed by atoms with Gasteiger partial charge in [0.1, 0.15) is 5.75 Å². The van der Waals surface area contributed by atoms with E-state index in [2.05, 4.69) is 13.8 Å². The Morgan fingerprint density at radius 2 is 2.09 bits per heavy atom. The Bertz CT molecular complexity index is 241. The lowest BCUT2D eigenvalue weighted by Gasteiger charge is -2.03. The minimum absolute atomic E-state index is 0.374. The highest BCUT2D eigenvalue weighted by Crippen LogP contribution is 2.16. The van der Waals surface area contributed by atoms with Crippen molar-refractivity contribution in [2.24, 2.45) is 0 Å². The van der Waals surface area contributed by atoms with E-state index in [9.17, 15) is 0 Å². The molecule has 0 saturated carbocycles. The van der Waals surface area contributed by atoms with E-state index in [1.54, 1.807) is 6.07 Å². The summed E-state index contributed by atoms with van der Waals surface area (Å²) in [6.07, 6.45) is 2.19. The SMILES string of the molecule is CCCc1cc(O)ccc1C. The van der Waals surface area contributed by atoms with Gasteiger partial charge >= 0.3 is 0 Å². The first-order valence-electron chi connectivity index (χ1n) is 4.02. The van der Waals surface area contributed by atoms with Gasteiger partial charge in [0.25, 0.3) is 0 Å². The van der Waals surface area contributed by atoms with E-state index in [-0.39, 0.29) is 0 Å². The van der Waals surface area contributed by atoms with Crippen LogP contribution in [0.5, 0.6) is 5.75 Å². The molecule has 1 heteroatoms. The van der Waals surface area contributed by atoms with E-state index >= 15 is 0 Å². The lowest BCUT2D eigenvalue weighted by atomic mass is 10.0. The van der Waals surface area contributed by atoms with Gasteiger partial charge in [-0.25, -0.2) is 0 Å². The van der Waals surface area contributed by atoms with E-state index in [1.165, 1.54) is 11.1 Å². The summed E-state index contributed by atoms with van der Waals surface area (Å²) >= 11 is 0. The summed E-state index contributed by atoms with van der Waals surface area (Å²) in [5, 5.41) is 9.16. The fraction of sp³-hybridized carbons (Fsp3) is 0.400. The van der Waals surface area contributed by atoms with Crippen LogP contribution in [-0.4, -0.2) is 5.11 Å². The van der Waals surface area contributed by atoms with E-state index < -0.39 is 0 Å². The average molecular weight is 150 g/mol. The maximum absolute atomic E-state index is 9.16. The number of rotatable bonds is 2. The Morgan fingerprint density at radius 1 is 1.36 bits per heavy atom. The van der Waals surface area contributed by atoms with E-state index in [0.29, 0.717) is 5.75 Å². The van der Waals surface area contributed by atoms with E-state index in [0.717, 1.165) is 12.8 Å². The molecule has 1 N–H and O–H groups in total. The van der Waals surface area contributed by atoms with Crippen LogP contribution in [-0.2, 0) is 6.42 Å². The summed E-state index contributed by atoms with van der Waals surface area (Å²) in [7, 11) is 0. The average Bonchev–Trinajstić information content (AvgIpc) is 1.98. The molecule has 11 heavy (non-hydrogen) atoms. The predicted octanol–water partition coefficient (Wildman–Crippen LogP) is 2.65. The predicted molar refractivity (Wildman–Crippen MR) is 46.8 cm³/mol. The Kier molecular flexibility index (Phi) is 2.53. The molecule has 0 spiro atoms.